The van der Waals surface area contributed by atoms with Crippen LogP contribution in [0.5, 0.6) is 0 Å². The van der Waals surface area contributed by atoms with Gasteiger partial charge in [0, 0.05) is 6.42 Å². The maximum Gasteiger partial charge on any atom is 0.163 e. The molecular formula is C18H28O4. The van der Waals surface area contributed by atoms with Crippen molar-refractivity contribution >= 4 is 5.78 Å². The van der Waals surface area contributed by atoms with Gasteiger partial charge in [-0.1, -0.05) is 12.5 Å². The summed E-state index contributed by atoms with van der Waals surface area (Å²) < 4.78 is 11.8. The van der Waals surface area contributed by atoms with Gasteiger partial charge in [0.25, 0.3) is 0 Å². The number of carbonyl (C=O) groups is 1. The fourth-order valence-corrected chi connectivity index (χ4v) is 4.81. The number of rotatable bonds is 1. The van der Waals surface area contributed by atoms with Crippen LogP contribution in [0, 0.1) is 11.3 Å². The molecule has 0 aromatic heterocycles. The van der Waals surface area contributed by atoms with E-state index < -0.39 is 17.0 Å². The second-order valence-electron chi connectivity index (χ2n) is 8.28. The fraction of sp³-hybridized carbons (Fsp3) is 0.833. The molecule has 0 amide bonds. The minimum Gasteiger partial charge on any atom is -0.387 e. The van der Waals surface area contributed by atoms with Crippen molar-refractivity contribution in [3.05, 3.63) is 11.6 Å². The Bertz CT molecular complexity index is 537. The van der Waals surface area contributed by atoms with E-state index in [4.69, 9.17) is 9.47 Å². The summed E-state index contributed by atoms with van der Waals surface area (Å²) in [4.78, 5) is 11.8. The lowest BCUT2D eigenvalue weighted by molar-refractivity contribution is -0.208. The molecule has 0 aromatic carbocycles. The van der Waals surface area contributed by atoms with Crippen molar-refractivity contribution in [1.82, 2.24) is 0 Å². The van der Waals surface area contributed by atoms with Crippen LogP contribution in [0.4, 0.5) is 0 Å². The molecule has 3 aliphatic rings. The molecular weight excluding hydrogens is 280 g/mol. The van der Waals surface area contributed by atoms with E-state index in [1.807, 2.05) is 27.7 Å². The number of ether oxygens (including phenoxy) is 2. The normalized spacial score (nSPS) is 48.0. The highest BCUT2D eigenvalue weighted by atomic mass is 16.8. The first-order chi connectivity index (χ1) is 10.0. The number of carbonyl (C=O) groups excluding carboxylic acids is 1. The van der Waals surface area contributed by atoms with Crippen molar-refractivity contribution in [1.29, 1.82) is 0 Å². The molecule has 2 aliphatic carbocycles. The average Bonchev–Trinajstić information content (AvgIpc) is 2.89. The maximum atomic E-state index is 11.8. The highest BCUT2D eigenvalue weighted by molar-refractivity contribution is 5.91. The minimum atomic E-state index is -0.912. The summed E-state index contributed by atoms with van der Waals surface area (Å²) in [6.45, 7) is 10.3. The van der Waals surface area contributed by atoms with E-state index in [0.29, 0.717) is 25.9 Å². The summed E-state index contributed by atoms with van der Waals surface area (Å²) in [6, 6.07) is 0. The first kappa shape index (κ1) is 16.2. The van der Waals surface area contributed by atoms with Gasteiger partial charge in [-0.15, -0.1) is 0 Å². The van der Waals surface area contributed by atoms with Gasteiger partial charge in [0.1, 0.15) is 5.60 Å². The summed E-state index contributed by atoms with van der Waals surface area (Å²) in [6.07, 6.45) is 4.59. The van der Waals surface area contributed by atoms with E-state index in [0.717, 1.165) is 12.0 Å². The zero-order valence-corrected chi connectivity index (χ0v) is 14.4. The van der Waals surface area contributed by atoms with Gasteiger partial charge < -0.3 is 14.6 Å². The highest BCUT2D eigenvalue weighted by Crippen LogP contribution is 2.60. The smallest absolute Gasteiger partial charge is 0.163 e. The first-order valence-corrected chi connectivity index (χ1v) is 8.30. The fourth-order valence-electron chi connectivity index (χ4n) is 4.81. The van der Waals surface area contributed by atoms with Crippen molar-refractivity contribution in [2.45, 2.75) is 77.3 Å². The van der Waals surface area contributed by atoms with Crippen LogP contribution in [0.1, 0.15) is 60.3 Å². The summed E-state index contributed by atoms with van der Waals surface area (Å²) in [5.74, 6) is -0.184. The third kappa shape index (κ3) is 2.19. The maximum absolute atomic E-state index is 11.8. The van der Waals surface area contributed by atoms with Crippen LogP contribution in [-0.4, -0.2) is 34.5 Å². The van der Waals surface area contributed by atoms with E-state index in [1.54, 1.807) is 6.08 Å². The minimum absolute atomic E-state index is 0.0816. The molecule has 22 heavy (non-hydrogen) atoms. The van der Waals surface area contributed by atoms with Crippen molar-refractivity contribution in [2.75, 3.05) is 6.61 Å². The third-order valence-electron chi connectivity index (χ3n) is 6.36. The van der Waals surface area contributed by atoms with Gasteiger partial charge in [-0.25, -0.2) is 0 Å². The molecule has 0 radical (unpaired) electrons. The first-order valence-electron chi connectivity index (χ1n) is 8.30. The van der Waals surface area contributed by atoms with Crippen LogP contribution in [0.15, 0.2) is 11.6 Å². The number of allylic oxidation sites excluding steroid dienone is 2. The zero-order valence-electron chi connectivity index (χ0n) is 14.4. The average molecular weight is 308 g/mol. The summed E-state index contributed by atoms with van der Waals surface area (Å²) in [5.41, 5.74) is -0.567. The largest absolute Gasteiger partial charge is 0.387 e. The quantitative estimate of drug-likeness (QED) is 0.809. The molecule has 124 valence electrons. The van der Waals surface area contributed by atoms with Crippen molar-refractivity contribution in [3.8, 4) is 0 Å². The van der Waals surface area contributed by atoms with E-state index in [1.165, 1.54) is 0 Å². The standard InChI is InChI=1S/C18H28O4/c1-12-8-14(19)9-13(2)17(12)6-7-18(20,10-17)16(5)11-21-15(3,4)22-16/h8,13,20H,6-7,9-11H2,1-5H3. The molecule has 4 atom stereocenters. The van der Waals surface area contributed by atoms with Gasteiger partial charge in [0.2, 0.25) is 0 Å². The van der Waals surface area contributed by atoms with Crippen LogP contribution in [0.2, 0.25) is 0 Å². The lowest BCUT2D eigenvalue weighted by atomic mass is 9.63. The van der Waals surface area contributed by atoms with Gasteiger partial charge >= 0.3 is 0 Å². The van der Waals surface area contributed by atoms with Gasteiger partial charge in [0.05, 0.1) is 12.2 Å². The van der Waals surface area contributed by atoms with Gasteiger partial charge in [-0.3, -0.25) is 4.79 Å². The Labute approximate surface area is 132 Å². The Morgan fingerprint density at radius 2 is 1.95 bits per heavy atom. The van der Waals surface area contributed by atoms with Crippen LogP contribution >= 0.6 is 0 Å². The lowest BCUT2D eigenvalue weighted by Crippen LogP contribution is -2.54. The van der Waals surface area contributed by atoms with Crippen molar-refractivity contribution in [2.24, 2.45) is 11.3 Å². The van der Waals surface area contributed by atoms with Crippen molar-refractivity contribution in [3.63, 3.8) is 0 Å². The third-order valence-corrected chi connectivity index (χ3v) is 6.36. The Hall–Kier alpha value is -0.710. The lowest BCUT2D eigenvalue weighted by Gasteiger charge is -2.44. The van der Waals surface area contributed by atoms with Crippen LogP contribution in [0.3, 0.4) is 0 Å². The Balaban J connectivity index is 1.91. The summed E-state index contributed by atoms with van der Waals surface area (Å²) >= 11 is 0. The molecule has 1 saturated heterocycles. The van der Waals surface area contributed by atoms with Crippen LogP contribution in [-0.2, 0) is 14.3 Å². The highest BCUT2D eigenvalue weighted by Gasteiger charge is 2.63. The van der Waals surface area contributed by atoms with E-state index in [-0.39, 0.29) is 17.1 Å². The van der Waals surface area contributed by atoms with E-state index >= 15 is 0 Å². The topological polar surface area (TPSA) is 55.8 Å². The second-order valence-corrected chi connectivity index (χ2v) is 8.28. The van der Waals surface area contributed by atoms with E-state index in [2.05, 4.69) is 6.92 Å². The molecule has 4 nitrogen and oxygen atoms in total. The number of hydrogen-bond donors (Lipinski definition) is 1. The molecule has 0 aromatic rings. The number of hydrogen-bond acceptors (Lipinski definition) is 4. The second kappa shape index (κ2) is 4.65. The molecule has 1 saturated carbocycles. The predicted molar refractivity (Wildman–Crippen MR) is 83.3 cm³/mol. The molecule has 4 unspecified atom stereocenters. The molecule has 2 fully saturated rings. The number of aliphatic hydroxyl groups is 1. The van der Waals surface area contributed by atoms with Gasteiger partial charge in [-0.2, -0.15) is 0 Å². The molecule has 1 N–H and O–H groups in total. The monoisotopic (exact) mass is 308 g/mol. The summed E-state index contributed by atoms with van der Waals surface area (Å²) in [7, 11) is 0. The van der Waals surface area contributed by atoms with Crippen LogP contribution in [0.25, 0.3) is 0 Å². The molecule has 3 rings (SSSR count). The van der Waals surface area contributed by atoms with Gasteiger partial charge in [0.15, 0.2) is 11.6 Å². The molecule has 0 bridgehead atoms. The molecule has 4 heteroatoms. The van der Waals surface area contributed by atoms with Crippen LogP contribution < -0.4 is 0 Å². The molecule has 1 heterocycles. The zero-order chi connectivity index (χ0) is 16.4. The molecule has 1 aliphatic heterocycles. The van der Waals surface area contributed by atoms with Gasteiger partial charge in [-0.05, 0) is 64.4 Å². The Morgan fingerprint density at radius 3 is 2.50 bits per heavy atom. The summed E-state index contributed by atoms with van der Waals surface area (Å²) in [5, 5.41) is 11.4. The Morgan fingerprint density at radius 1 is 1.27 bits per heavy atom. The predicted octanol–water partition coefficient (Wildman–Crippen LogP) is 2.98. The van der Waals surface area contributed by atoms with Crippen molar-refractivity contribution < 1.29 is 19.4 Å². The van der Waals surface area contributed by atoms with E-state index in [9.17, 15) is 9.90 Å². The SMILES string of the molecule is CC1=CC(=O)CC(C)C12CCC(O)(C1(C)COC(C)(C)O1)C2. The Kier molecular flexibility index (Phi) is 3.42. The molecule has 1 spiro atoms. The number of ketones is 1.